The van der Waals surface area contributed by atoms with E-state index in [1.807, 2.05) is 56.3 Å². The van der Waals surface area contributed by atoms with Gasteiger partial charge in [0.2, 0.25) is 0 Å². The lowest BCUT2D eigenvalue weighted by Crippen LogP contribution is -2.34. The van der Waals surface area contributed by atoms with Gasteiger partial charge in [-0.1, -0.05) is 18.2 Å². The maximum Gasteiger partial charge on any atom is 0.344 e. The summed E-state index contributed by atoms with van der Waals surface area (Å²) in [4.78, 5) is 23.0. The number of para-hydroxylation sites is 1. The molecule has 0 aliphatic carbocycles. The van der Waals surface area contributed by atoms with E-state index in [0.717, 1.165) is 11.4 Å². The zero-order chi connectivity index (χ0) is 18.1. The van der Waals surface area contributed by atoms with Gasteiger partial charge in [0.05, 0.1) is 0 Å². The summed E-state index contributed by atoms with van der Waals surface area (Å²) in [7, 11) is 0. The molecule has 2 rings (SSSR count). The Bertz CT molecular complexity index is 684. The molecule has 2 aromatic rings. The number of rotatable bonds is 8. The maximum atomic E-state index is 11.6. The first-order valence-electron chi connectivity index (χ1n) is 8.03. The molecule has 25 heavy (non-hydrogen) atoms. The smallest absolute Gasteiger partial charge is 0.344 e. The molecule has 0 aliphatic heterocycles. The van der Waals surface area contributed by atoms with Crippen molar-refractivity contribution in [1.82, 2.24) is 5.32 Å². The number of benzene rings is 2. The van der Waals surface area contributed by atoms with E-state index >= 15 is 0 Å². The number of amides is 1. The van der Waals surface area contributed by atoms with Crippen molar-refractivity contribution in [2.45, 2.75) is 19.9 Å². The minimum atomic E-state index is -0.592. The summed E-state index contributed by atoms with van der Waals surface area (Å²) in [6.07, 6.45) is 0. The van der Waals surface area contributed by atoms with Crippen LogP contribution in [0.2, 0.25) is 0 Å². The molecule has 1 amide bonds. The van der Waals surface area contributed by atoms with Gasteiger partial charge in [-0.05, 0) is 50.2 Å². The van der Waals surface area contributed by atoms with Gasteiger partial charge in [0, 0.05) is 17.4 Å². The van der Waals surface area contributed by atoms with Gasteiger partial charge in [-0.3, -0.25) is 4.79 Å². The molecule has 0 aliphatic rings. The molecule has 2 aromatic carbocycles. The van der Waals surface area contributed by atoms with Gasteiger partial charge in [-0.2, -0.15) is 0 Å². The number of carbonyl (C=O) groups excluding carboxylic acids is 2. The third kappa shape index (κ3) is 6.95. The molecule has 2 N–H and O–H groups in total. The average Bonchev–Trinajstić information content (AvgIpc) is 2.60. The van der Waals surface area contributed by atoms with Crippen molar-refractivity contribution in [3.63, 3.8) is 0 Å². The first-order valence-corrected chi connectivity index (χ1v) is 8.03. The Morgan fingerprint density at radius 1 is 0.920 bits per heavy atom. The lowest BCUT2D eigenvalue weighted by Gasteiger charge is -2.10. The Morgan fingerprint density at radius 3 is 2.20 bits per heavy atom. The highest BCUT2D eigenvalue weighted by Crippen LogP contribution is 2.19. The predicted molar refractivity (Wildman–Crippen MR) is 95.9 cm³/mol. The summed E-state index contributed by atoms with van der Waals surface area (Å²) in [5.41, 5.74) is 1.89. The lowest BCUT2D eigenvalue weighted by atomic mass is 10.2. The Balaban J connectivity index is 1.74. The molecule has 6 heteroatoms. The van der Waals surface area contributed by atoms with Crippen LogP contribution >= 0.6 is 0 Å². The summed E-state index contributed by atoms with van der Waals surface area (Å²) in [6.45, 7) is 3.11. The fourth-order valence-corrected chi connectivity index (χ4v) is 2.02. The molecule has 0 bridgehead atoms. The molecule has 0 spiro atoms. The van der Waals surface area contributed by atoms with E-state index in [1.165, 1.54) is 0 Å². The van der Waals surface area contributed by atoms with Crippen LogP contribution in [-0.4, -0.2) is 31.1 Å². The highest BCUT2D eigenvalue weighted by atomic mass is 16.6. The third-order valence-electron chi connectivity index (χ3n) is 3.09. The summed E-state index contributed by atoms with van der Waals surface area (Å²) < 4.78 is 10.2. The quantitative estimate of drug-likeness (QED) is 0.722. The molecule has 132 valence electrons. The number of carbonyl (C=O) groups is 2. The van der Waals surface area contributed by atoms with E-state index in [9.17, 15) is 9.59 Å². The van der Waals surface area contributed by atoms with Crippen LogP contribution in [0.15, 0.2) is 54.6 Å². The largest absolute Gasteiger partial charge is 0.482 e. The Hall–Kier alpha value is -3.02. The maximum absolute atomic E-state index is 11.6. The van der Waals surface area contributed by atoms with Gasteiger partial charge < -0.3 is 20.1 Å². The van der Waals surface area contributed by atoms with Crippen LogP contribution in [0.25, 0.3) is 0 Å². The number of ether oxygens (including phenoxy) is 2. The minimum absolute atomic E-state index is 0.00506. The SMILES string of the molecule is CC(C)NC(=O)COC(=O)COc1ccc(Nc2ccccc2)cc1. The van der Waals surface area contributed by atoms with E-state index < -0.39 is 5.97 Å². The first kappa shape index (κ1) is 18.3. The molecule has 0 aromatic heterocycles. The van der Waals surface area contributed by atoms with Crippen LogP contribution in [0.1, 0.15) is 13.8 Å². The standard InChI is InChI=1S/C19H22N2O4/c1-14(2)20-18(22)12-25-19(23)13-24-17-10-8-16(9-11-17)21-15-6-4-3-5-7-15/h3-11,14,21H,12-13H2,1-2H3,(H,20,22). The van der Waals surface area contributed by atoms with Gasteiger partial charge in [0.1, 0.15) is 5.75 Å². The zero-order valence-electron chi connectivity index (χ0n) is 14.3. The summed E-state index contributed by atoms with van der Waals surface area (Å²) in [5.74, 6) is -0.382. The minimum Gasteiger partial charge on any atom is -0.482 e. The fraction of sp³-hybridized carbons (Fsp3) is 0.263. The van der Waals surface area contributed by atoms with Crippen LogP contribution in [0.3, 0.4) is 0 Å². The molecular formula is C19H22N2O4. The van der Waals surface area contributed by atoms with Crippen LogP contribution in [0.5, 0.6) is 5.75 Å². The highest BCUT2D eigenvalue weighted by Gasteiger charge is 2.09. The van der Waals surface area contributed by atoms with Gasteiger partial charge in [0.15, 0.2) is 13.2 Å². The fourth-order valence-electron chi connectivity index (χ4n) is 2.02. The second kappa shape index (κ2) is 9.32. The molecular weight excluding hydrogens is 320 g/mol. The van der Waals surface area contributed by atoms with Crippen LogP contribution in [-0.2, 0) is 14.3 Å². The second-order valence-corrected chi connectivity index (χ2v) is 5.69. The van der Waals surface area contributed by atoms with E-state index in [2.05, 4.69) is 10.6 Å². The van der Waals surface area contributed by atoms with Crippen molar-refractivity contribution in [3.05, 3.63) is 54.6 Å². The van der Waals surface area contributed by atoms with Crippen molar-refractivity contribution < 1.29 is 19.1 Å². The van der Waals surface area contributed by atoms with Crippen molar-refractivity contribution in [3.8, 4) is 5.75 Å². The molecule has 0 heterocycles. The van der Waals surface area contributed by atoms with Gasteiger partial charge in [0.25, 0.3) is 5.91 Å². The topological polar surface area (TPSA) is 76.7 Å². The summed E-state index contributed by atoms with van der Waals surface area (Å²) >= 11 is 0. The zero-order valence-corrected chi connectivity index (χ0v) is 14.3. The van der Waals surface area contributed by atoms with E-state index in [1.54, 1.807) is 12.1 Å². The number of hydrogen-bond acceptors (Lipinski definition) is 5. The molecule has 0 saturated heterocycles. The van der Waals surface area contributed by atoms with Crippen LogP contribution in [0, 0.1) is 0 Å². The van der Waals surface area contributed by atoms with Gasteiger partial charge >= 0.3 is 5.97 Å². The number of hydrogen-bond donors (Lipinski definition) is 2. The first-order chi connectivity index (χ1) is 12.0. The van der Waals surface area contributed by atoms with Gasteiger partial charge in [-0.15, -0.1) is 0 Å². The molecule has 6 nitrogen and oxygen atoms in total. The van der Waals surface area contributed by atoms with Crippen molar-refractivity contribution in [2.75, 3.05) is 18.5 Å². The lowest BCUT2D eigenvalue weighted by molar-refractivity contribution is -0.150. The molecule has 0 saturated carbocycles. The van der Waals surface area contributed by atoms with Crippen LogP contribution < -0.4 is 15.4 Å². The van der Waals surface area contributed by atoms with Crippen molar-refractivity contribution in [2.24, 2.45) is 0 Å². The molecule has 0 fully saturated rings. The van der Waals surface area contributed by atoms with Crippen molar-refractivity contribution in [1.29, 1.82) is 0 Å². The predicted octanol–water partition coefficient (Wildman–Crippen LogP) is 2.88. The number of nitrogens with one attached hydrogen (secondary N) is 2. The van der Waals surface area contributed by atoms with Crippen LogP contribution in [0.4, 0.5) is 11.4 Å². The van der Waals surface area contributed by atoms with E-state index in [0.29, 0.717) is 5.75 Å². The summed E-state index contributed by atoms with van der Waals surface area (Å²) in [5, 5.41) is 5.89. The third-order valence-corrected chi connectivity index (χ3v) is 3.09. The Kier molecular flexibility index (Phi) is 6.83. The summed E-state index contributed by atoms with van der Waals surface area (Å²) in [6, 6.07) is 17.0. The Labute approximate surface area is 147 Å². The highest BCUT2D eigenvalue weighted by molar-refractivity contribution is 5.81. The number of esters is 1. The van der Waals surface area contributed by atoms with Gasteiger partial charge in [-0.25, -0.2) is 4.79 Å². The number of anilines is 2. The monoisotopic (exact) mass is 342 g/mol. The molecule has 0 atom stereocenters. The Morgan fingerprint density at radius 2 is 1.56 bits per heavy atom. The van der Waals surface area contributed by atoms with E-state index in [4.69, 9.17) is 9.47 Å². The second-order valence-electron chi connectivity index (χ2n) is 5.69. The average molecular weight is 342 g/mol. The normalized spacial score (nSPS) is 10.2. The van der Waals surface area contributed by atoms with E-state index in [-0.39, 0.29) is 25.2 Å². The van der Waals surface area contributed by atoms with Crippen molar-refractivity contribution >= 4 is 23.3 Å². The molecule has 0 radical (unpaired) electrons. The molecule has 0 unspecified atom stereocenters.